The lowest BCUT2D eigenvalue weighted by Gasteiger charge is -2.16. The molecule has 1 rings (SSSR count). The summed E-state index contributed by atoms with van der Waals surface area (Å²) in [6.07, 6.45) is -2.46. The van der Waals surface area contributed by atoms with Crippen molar-refractivity contribution in [3.63, 3.8) is 0 Å². The van der Waals surface area contributed by atoms with Crippen LogP contribution in [-0.4, -0.2) is 44.0 Å². The zero-order valence-electron chi connectivity index (χ0n) is 11.7. The number of aromatic nitrogens is 1. The van der Waals surface area contributed by atoms with E-state index >= 15 is 0 Å². The molecular weight excluding hydrogens is 291 g/mol. The molecule has 0 unspecified atom stereocenters. The van der Waals surface area contributed by atoms with Gasteiger partial charge in [0, 0.05) is 37.3 Å². The molecule has 0 aromatic carbocycles. The number of nitrogens with zero attached hydrogens (tertiary/aromatic N) is 2. The van der Waals surface area contributed by atoms with Gasteiger partial charge >= 0.3 is 6.18 Å². The highest BCUT2D eigenvalue weighted by Crippen LogP contribution is 2.21. The van der Waals surface area contributed by atoms with Crippen molar-refractivity contribution in [1.29, 1.82) is 0 Å². The number of anilines is 1. The van der Waals surface area contributed by atoms with Crippen LogP contribution in [0.15, 0.2) is 6.20 Å². The molecule has 1 heterocycles. The molecule has 1 N–H and O–H groups in total. The van der Waals surface area contributed by atoms with E-state index in [2.05, 4.69) is 33.8 Å². The van der Waals surface area contributed by atoms with Crippen LogP contribution in [0.3, 0.4) is 0 Å². The van der Waals surface area contributed by atoms with E-state index in [4.69, 9.17) is 0 Å². The van der Waals surface area contributed by atoms with Gasteiger partial charge in [-0.05, 0) is 13.8 Å². The van der Waals surface area contributed by atoms with E-state index in [1.54, 1.807) is 17.5 Å². The number of halogens is 3. The summed E-state index contributed by atoms with van der Waals surface area (Å²) in [7, 11) is 0. The molecule has 1 aromatic rings. The molecule has 0 aliphatic carbocycles. The number of nitrogens with one attached hydrogen (secondary N) is 1. The molecule has 0 radical (unpaired) electrons. The standard InChI is InChI=1S/C12H20F3N3OS/c1-3-18(4-2)11-17-8-10(20-11)7-16-5-6-19-9-12(13,14)15/h8,16H,3-7,9H2,1-2H3. The van der Waals surface area contributed by atoms with Gasteiger partial charge in [0.2, 0.25) is 0 Å². The van der Waals surface area contributed by atoms with E-state index in [-0.39, 0.29) is 6.61 Å². The zero-order chi connectivity index (χ0) is 15.0. The average Bonchev–Trinajstić information content (AvgIpc) is 2.83. The first-order chi connectivity index (χ1) is 9.46. The Kier molecular flexibility index (Phi) is 7.25. The van der Waals surface area contributed by atoms with E-state index < -0.39 is 12.8 Å². The lowest BCUT2D eigenvalue weighted by Crippen LogP contribution is -2.23. The van der Waals surface area contributed by atoms with Crippen molar-refractivity contribution in [1.82, 2.24) is 10.3 Å². The first-order valence-electron chi connectivity index (χ1n) is 6.51. The Morgan fingerprint density at radius 3 is 2.65 bits per heavy atom. The summed E-state index contributed by atoms with van der Waals surface area (Å²) in [5, 5.41) is 4.01. The largest absolute Gasteiger partial charge is 0.411 e. The van der Waals surface area contributed by atoms with Crippen LogP contribution in [-0.2, 0) is 11.3 Å². The van der Waals surface area contributed by atoms with E-state index in [1.165, 1.54) is 0 Å². The third kappa shape index (κ3) is 6.53. The molecule has 1 aromatic heterocycles. The van der Waals surface area contributed by atoms with Gasteiger partial charge in [0.1, 0.15) is 6.61 Å². The maximum absolute atomic E-state index is 11.8. The van der Waals surface area contributed by atoms with E-state index in [0.29, 0.717) is 13.1 Å². The molecule has 0 fully saturated rings. The summed E-state index contributed by atoms with van der Waals surface area (Å²) in [6.45, 7) is 5.78. The van der Waals surface area contributed by atoms with Crippen LogP contribution in [0, 0.1) is 0 Å². The molecule has 20 heavy (non-hydrogen) atoms. The summed E-state index contributed by atoms with van der Waals surface area (Å²) < 4.78 is 40.0. The number of rotatable bonds is 9. The Labute approximate surface area is 120 Å². The maximum atomic E-state index is 11.8. The Morgan fingerprint density at radius 1 is 1.35 bits per heavy atom. The summed E-state index contributed by atoms with van der Waals surface area (Å²) >= 11 is 1.59. The molecule has 0 spiro atoms. The second-order valence-electron chi connectivity index (χ2n) is 4.13. The maximum Gasteiger partial charge on any atom is 0.411 e. The summed E-state index contributed by atoms with van der Waals surface area (Å²) in [6, 6.07) is 0. The number of ether oxygens (including phenoxy) is 1. The third-order valence-corrected chi connectivity index (χ3v) is 3.62. The lowest BCUT2D eigenvalue weighted by molar-refractivity contribution is -0.173. The van der Waals surface area contributed by atoms with E-state index in [9.17, 15) is 13.2 Å². The molecule has 0 aliphatic rings. The third-order valence-electron chi connectivity index (χ3n) is 2.56. The van der Waals surface area contributed by atoms with Crippen molar-refractivity contribution in [3.05, 3.63) is 11.1 Å². The number of hydrogen-bond donors (Lipinski definition) is 1. The monoisotopic (exact) mass is 311 g/mol. The van der Waals surface area contributed by atoms with Gasteiger partial charge in [-0.25, -0.2) is 4.98 Å². The van der Waals surface area contributed by atoms with Crippen LogP contribution in [0.5, 0.6) is 0 Å². The molecule has 0 amide bonds. The minimum absolute atomic E-state index is 0.0429. The Bertz CT molecular complexity index is 380. The summed E-state index contributed by atoms with van der Waals surface area (Å²) in [5.74, 6) is 0. The number of thiazole rings is 1. The van der Waals surface area contributed by atoms with Gasteiger partial charge in [0.25, 0.3) is 0 Å². The molecule has 0 aliphatic heterocycles. The smallest absolute Gasteiger partial charge is 0.371 e. The molecule has 0 saturated carbocycles. The van der Waals surface area contributed by atoms with Crippen molar-refractivity contribution in [3.8, 4) is 0 Å². The fourth-order valence-electron chi connectivity index (χ4n) is 1.56. The second-order valence-corrected chi connectivity index (χ2v) is 5.22. The Morgan fingerprint density at radius 2 is 2.05 bits per heavy atom. The number of hydrogen-bond acceptors (Lipinski definition) is 5. The Hall–Kier alpha value is -0.860. The van der Waals surface area contributed by atoms with Crippen LogP contribution in [0.2, 0.25) is 0 Å². The van der Waals surface area contributed by atoms with E-state index in [0.717, 1.165) is 23.1 Å². The van der Waals surface area contributed by atoms with Crippen LogP contribution in [0.4, 0.5) is 18.3 Å². The SMILES string of the molecule is CCN(CC)c1ncc(CNCCOCC(F)(F)F)s1. The van der Waals surface area contributed by atoms with Gasteiger partial charge in [0.15, 0.2) is 5.13 Å². The zero-order valence-corrected chi connectivity index (χ0v) is 12.5. The first kappa shape index (κ1) is 17.2. The van der Waals surface area contributed by atoms with Crippen LogP contribution >= 0.6 is 11.3 Å². The normalized spacial score (nSPS) is 11.8. The predicted molar refractivity (Wildman–Crippen MR) is 74.3 cm³/mol. The van der Waals surface area contributed by atoms with Crippen molar-refractivity contribution in [2.24, 2.45) is 0 Å². The van der Waals surface area contributed by atoms with Gasteiger partial charge in [-0.3, -0.25) is 0 Å². The van der Waals surface area contributed by atoms with Crippen LogP contribution < -0.4 is 10.2 Å². The minimum atomic E-state index is -4.25. The van der Waals surface area contributed by atoms with Crippen molar-refractivity contribution >= 4 is 16.5 Å². The Balaban J connectivity index is 2.19. The lowest BCUT2D eigenvalue weighted by atomic mass is 10.5. The van der Waals surface area contributed by atoms with Crippen molar-refractivity contribution in [2.45, 2.75) is 26.6 Å². The average molecular weight is 311 g/mol. The topological polar surface area (TPSA) is 37.4 Å². The molecule has 116 valence electrons. The van der Waals surface area contributed by atoms with Gasteiger partial charge in [-0.1, -0.05) is 0 Å². The van der Waals surface area contributed by atoms with Crippen LogP contribution in [0.1, 0.15) is 18.7 Å². The van der Waals surface area contributed by atoms with Crippen LogP contribution in [0.25, 0.3) is 0 Å². The van der Waals surface area contributed by atoms with Gasteiger partial charge in [-0.15, -0.1) is 11.3 Å². The summed E-state index contributed by atoms with van der Waals surface area (Å²) in [5.41, 5.74) is 0. The minimum Gasteiger partial charge on any atom is -0.371 e. The molecular formula is C12H20F3N3OS. The molecule has 0 saturated heterocycles. The van der Waals surface area contributed by atoms with Gasteiger partial charge in [0.05, 0.1) is 6.61 Å². The highest BCUT2D eigenvalue weighted by molar-refractivity contribution is 7.15. The quantitative estimate of drug-likeness (QED) is 0.712. The van der Waals surface area contributed by atoms with Gasteiger partial charge < -0.3 is 15.0 Å². The van der Waals surface area contributed by atoms with Crippen molar-refractivity contribution in [2.75, 3.05) is 37.7 Å². The first-order valence-corrected chi connectivity index (χ1v) is 7.32. The highest BCUT2D eigenvalue weighted by Gasteiger charge is 2.27. The fraction of sp³-hybridized carbons (Fsp3) is 0.750. The number of alkyl halides is 3. The molecule has 0 bridgehead atoms. The molecule has 0 atom stereocenters. The van der Waals surface area contributed by atoms with Gasteiger partial charge in [-0.2, -0.15) is 13.2 Å². The van der Waals surface area contributed by atoms with Crippen molar-refractivity contribution < 1.29 is 17.9 Å². The fourth-order valence-corrected chi connectivity index (χ4v) is 2.57. The molecule has 8 heteroatoms. The molecule has 4 nitrogen and oxygen atoms in total. The predicted octanol–water partition coefficient (Wildman–Crippen LogP) is 2.66. The highest BCUT2D eigenvalue weighted by atomic mass is 32.1. The summed E-state index contributed by atoms with van der Waals surface area (Å²) in [4.78, 5) is 7.54. The second kappa shape index (κ2) is 8.43. The van der Waals surface area contributed by atoms with E-state index in [1.807, 2.05) is 0 Å².